The number of carbonyl (C=O) groups is 2. The first kappa shape index (κ1) is 18.5. The first-order chi connectivity index (χ1) is 9.05. The van der Waals surface area contributed by atoms with E-state index in [9.17, 15) is 22.8 Å². The summed E-state index contributed by atoms with van der Waals surface area (Å²) in [4.78, 5) is 22.5. The molecule has 0 rings (SSSR count). The van der Waals surface area contributed by atoms with E-state index in [1.54, 1.807) is 6.92 Å². The Labute approximate surface area is 116 Å². The SMILES string of the molecule is CCC(C)CC(C)NC(=O)N(CC(=O)O)CC(F)(F)F. The minimum Gasteiger partial charge on any atom is -0.480 e. The van der Waals surface area contributed by atoms with E-state index in [0.717, 1.165) is 6.42 Å². The smallest absolute Gasteiger partial charge is 0.406 e. The summed E-state index contributed by atoms with van der Waals surface area (Å²) in [7, 11) is 0. The number of nitrogens with one attached hydrogen (secondary N) is 1. The average molecular weight is 298 g/mol. The number of carbonyl (C=O) groups excluding carboxylic acids is 1. The van der Waals surface area contributed by atoms with Crippen LogP contribution >= 0.6 is 0 Å². The van der Waals surface area contributed by atoms with Crippen LogP contribution in [0.5, 0.6) is 0 Å². The van der Waals surface area contributed by atoms with Gasteiger partial charge in [0.2, 0.25) is 0 Å². The summed E-state index contributed by atoms with van der Waals surface area (Å²) in [6.45, 7) is 3.05. The lowest BCUT2D eigenvalue weighted by Gasteiger charge is -2.25. The molecule has 5 nitrogen and oxygen atoms in total. The monoisotopic (exact) mass is 298 g/mol. The largest absolute Gasteiger partial charge is 0.480 e. The van der Waals surface area contributed by atoms with Gasteiger partial charge in [0.1, 0.15) is 13.1 Å². The number of nitrogens with zero attached hydrogens (tertiary/aromatic N) is 1. The van der Waals surface area contributed by atoms with Gasteiger partial charge in [-0.3, -0.25) is 4.79 Å². The maximum atomic E-state index is 12.3. The van der Waals surface area contributed by atoms with Crippen LogP contribution in [-0.2, 0) is 4.79 Å². The quantitative estimate of drug-likeness (QED) is 0.758. The fourth-order valence-electron chi connectivity index (χ4n) is 1.71. The number of carboxylic acid groups (broad SMARTS) is 1. The van der Waals surface area contributed by atoms with Crippen molar-refractivity contribution in [1.82, 2.24) is 10.2 Å². The zero-order chi connectivity index (χ0) is 15.9. The standard InChI is InChI=1S/C12H21F3N2O3/c1-4-8(2)5-9(3)16-11(20)17(6-10(18)19)7-12(13,14)15/h8-9H,4-7H2,1-3H3,(H,16,20)(H,18,19). The Morgan fingerprint density at radius 1 is 1.30 bits per heavy atom. The number of carboxylic acids is 1. The molecule has 0 aliphatic rings. The molecule has 20 heavy (non-hydrogen) atoms. The third kappa shape index (κ3) is 8.60. The van der Waals surface area contributed by atoms with E-state index in [0.29, 0.717) is 12.3 Å². The first-order valence-electron chi connectivity index (χ1n) is 6.39. The van der Waals surface area contributed by atoms with Crippen molar-refractivity contribution in [3.05, 3.63) is 0 Å². The highest BCUT2D eigenvalue weighted by atomic mass is 19.4. The van der Waals surface area contributed by atoms with Gasteiger partial charge in [-0.15, -0.1) is 0 Å². The zero-order valence-electron chi connectivity index (χ0n) is 11.8. The number of hydrogen-bond donors (Lipinski definition) is 2. The molecule has 0 aliphatic heterocycles. The zero-order valence-corrected chi connectivity index (χ0v) is 11.8. The minimum atomic E-state index is -4.63. The highest BCUT2D eigenvalue weighted by Crippen LogP contribution is 2.17. The second kappa shape index (κ2) is 7.96. The lowest BCUT2D eigenvalue weighted by atomic mass is 10.0. The second-order valence-corrected chi connectivity index (χ2v) is 4.96. The Morgan fingerprint density at radius 3 is 2.25 bits per heavy atom. The van der Waals surface area contributed by atoms with E-state index in [2.05, 4.69) is 5.32 Å². The third-order valence-corrected chi connectivity index (χ3v) is 2.81. The Balaban J connectivity index is 4.58. The molecule has 2 atom stereocenters. The lowest BCUT2D eigenvalue weighted by molar-refractivity contribution is -0.149. The van der Waals surface area contributed by atoms with Crippen LogP contribution in [0.3, 0.4) is 0 Å². The first-order valence-corrected chi connectivity index (χ1v) is 6.39. The third-order valence-electron chi connectivity index (χ3n) is 2.81. The maximum absolute atomic E-state index is 12.3. The van der Waals surface area contributed by atoms with Crippen molar-refractivity contribution in [2.45, 2.75) is 45.8 Å². The average Bonchev–Trinajstić information content (AvgIpc) is 2.25. The van der Waals surface area contributed by atoms with E-state index in [4.69, 9.17) is 5.11 Å². The van der Waals surface area contributed by atoms with Crippen LogP contribution in [0.1, 0.15) is 33.6 Å². The molecule has 2 N–H and O–H groups in total. The maximum Gasteiger partial charge on any atom is 0.406 e. The number of amides is 2. The Hall–Kier alpha value is -1.47. The van der Waals surface area contributed by atoms with Gasteiger partial charge in [0, 0.05) is 6.04 Å². The van der Waals surface area contributed by atoms with Gasteiger partial charge in [-0.1, -0.05) is 20.3 Å². The molecule has 0 bridgehead atoms. The summed E-state index contributed by atoms with van der Waals surface area (Å²) in [5, 5.41) is 11.0. The summed E-state index contributed by atoms with van der Waals surface area (Å²) >= 11 is 0. The van der Waals surface area contributed by atoms with Crippen LogP contribution in [0.25, 0.3) is 0 Å². The summed E-state index contributed by atoms with van der Waals surface area (Å²) in [6.07, 6.45) is -3.12. The fraction of sp³-hybridized carbons (Fsp3) is 0.833. The number of hydrogen-bond acceptors (Lipinski definition) is 2. The summed E-state index contributed by atoms with van der Waals surface area (Å²) < 4.78 is 36.9. The van der Waals surface area contributed by atoms with E-state index in [-0.39, 0.29) is 10.9 Å². The molecule has 118 valence electrons. The van der Waals surface area contributed by atoms with Gasteiger partial charge in [-0.25, -0.2) is 4.79 Å². The van der Waals surface area contributed by atoms with Crippen LogP contribution in [0.4, 0.5) is 18.0 Å². The molecule has 0 aromatic carbocycles. The molecule has 0 saturated heterocycles. The van der Waals surface area contributed by atoms with Crippen molar-refractivity contribution >= 4 is 12.0 Å². The molecular formula is C12H21F3N2O3. The number of halogens is 3. The van der Waals surface area contributed by atoms with Crippen LogP contribution < -0.4 is 5.32 Å². The van der Waals surface area contributed by atoms with Crippen molar-refractivity contribution in [2.75, 3.05) is 13.1 Å². The number of aliphatic carboxylic acids is 1. The summed E-state index contributed by atoms with van der Waals surface area (Å²) in [6, 6.07) is -1.33. The lowest BCUT2D eigenvalue weighted by Crippen LogP contribution is -2.49. The van der Waals surface area contributed by atoms with Gasteiger partial charge in [-0.05, 0) is 19.3 Å². The molecule has 2 amide bonds. The highest BCUT2D eigenvalue weighted by Gasteiger charge is 2.34. The molecule has 2 unspecified atom stereocenters. The second-order valence-electron chi connectivity index (χ2n) is 4.96. The molecule has 0 radical (unpaired) electrons. The molecule has 0 heterocycles. The number of rotatable bonds is 7. The Bertz CT molecular complexity index is 334. The predicted octanol–water partition coefficient (Wildman–Crippen LogP) is 2.47. The molecule has 0 spiro atoms. The van der Waals surface area contributed by atoms with Crippen LogP contribution in [0, 0.1) is 5.92 Å². The van der Waals surface area contributed by atoms with Crippen molar-refractivity contribution in [1.29, 1.82) is 0 Å². The number of alkyl halides is 3. The topological polar surface area (TPSA) is 69.6 Å². The van der Waals surface area contributed by atoms with E-state index in [1.165, 1.54) is 0 Å². The molecular weight excluding hydrogens is 277 g/mol. The molecule has 0 aromatic heterocycles. The van der Waals surface area contributed by atoms with Gasteiger partial charge in [0.15, 0.2) is 0 Å². The highest BCUT2D eigenvalue weighted by molar-refractivity contribution is 5.80. The van der Waals surface area contributed by atoms with Gasteiger partial charge in [-0.2, -0.15) is 13.2 Å². The van der Waals surface area contributed by atoms with Gasteiger partial charge < -0.3 is 15.3 Å². The fourth-order valence-corrected chi connectivity index (χ4v) is 1.71. The molecule has 0 aromatic rings. The molecule has 0 saturated carbocycles. The Kier molecular flexibility index (Phi) is 7.38. The molecule has 0 aliphatic carbocycles. The van der Waals surface area contributed by atoms with Crippen molar-refractivity contribution in [3.8, 4) is 0 Å². The van der Waals surface area contributed by atoms with Crippen LogP contribution in [-0.4, -0.2) is 47.3 Å². The minimum absolute atomic E-state index is 0.245. The summed E-state index contributed by atoms with van der Waals surface area (Å²) in [5.41, 5.74) is 0. The molecule has 0 fully saturated rings. The van der Waals surface area contributed by atoms with E-state index in [1.807, 2.05) is 13.8 Å². The van der Waals surface area contributed by atoms with Crippen molar-refractivity contribution in [3.63, 3.8) is 0 Å². The van der Waals surface area contributed by atoms with Gasteiger partial charge in [0.05, 0.1) is 0 Å². The Morgan fingerprint density at radius 2 is 1.85 bits per heavy atom. The van der Waals surface area contributed by atoms with Crippen LogP contribution in [0.2, 0.25) is 0 Å². The van der Waals surface area contributed by atoms with Gasteiger partial charge in [0.25, 0.3) is 0 Å². The van der Waals surface area contributed by atoms with Crippen molar-refractivity contribution in [2.24, 2.45) is 5.92 Å². The molecule has 8 heteroatoms. The number of urea groups is 1. The summed E-state index contributed by atoms with van der Waals surface area (Å²) in [5.74, 6) is -1.17. The normalized spacial score (nSPS) is 14.5. The van der Waals surface area contributed by atoms with Crippen molar-refractivity contribution < 1.29 is 27.9 Å². The predicted molar refractivity (Wildman–Crippen MR) is 67.3 cm³/mol. The van der Waals surface area contributed by atoms with E-state index < -0.39 is 31.3 Å². The van der Waals surface area contributed by atoms with Crippen LogP contribution in [0.15, 0.2) is 0 Å². The van der Waals surface area contributed by atoms with E-state index >= 15 is 0 Å². The van der Waals surface area contributed by atoms with Gasteiger partial charge >= 0.3 is 18.2 Å².